The van der Waals surface area contributed by atoms with E-state index in [1.54, 1.807) is 32.4 Å². The Kier molecular flexibility index (Phi) is 6.80. The molecule has 6 nitrogen and oxygen atoms in total. The highest BCUT2D eigenvalue weighted by Crippen LogP contribution is 2.27. The molecule has 1 heterocycles. The van der Waals surface area contributed by atoms with E-state index in [0.717, 1.165) is 12.0 Å². The van der Waals surface area contributed by atoms with Gasteiger partial charge in [-0.25, -0.2) is 9.07 Å². The second-order valence-electron chi connectivity index (χ2n) is 5.78. The van der Waals surface area contributed by atoms with E-state index >= 15 is 0 Å². The molecule has 7 heteroatoms. The van der Waals surface area contributed by atoms with Crippen molar-refractivity contribution in [2.45, 2.75) is 26.2 Å². The van der Waals surface area contributed by atoms with Crippen LogP contribution in [0.15, 0.2) is 41.7 Å². The first kappa shape index (κ1) is 19.5. The number of nitrogens with zero attached hydrogens (tertiary/aromatic N) is 3. The number of allylic oxidation sites excluding steroid dienone is 1. The van der Waals surface area contributed by atoms with E-state index in [-0.39, 0.29) is 12.4 Å². The molecule has 0 spiro atoms. The third-order valence-electron chi connectivity index (χ3n) is 4.15. The van der Waals surface area contributed by atoms with E-state index in [9.17, 15) is 14.3 Å². The lowest BCUT2D eigenvalue weighted by Gasteiger charge is -2.15. The normalized spacial score (nSPS) is 13.6. The van der Waals surface area contributed by atoms with E-state index < -0.39 is 5.92 Å². The smallest absolute Gasteiger partial charge is 0.146 e. The van der Waals surface area contributed by atoms with Crippen molar-refractivity contribution < 1.29 is 14.3 Å². The second kappa shape index (κ2) is 9.05. The number of hydrogen-bond donors (Lipinski definition) is 2. The summed E-state index contributed by atoms with van der Waals surface area (Å²) in [6.45, 7) is 3.45. The second-order valence-corrected chi connectivity index (χ2v) is 5.78. The van der Waals surface area contributed by atoms with Gasteiger partial charge < -0.3 is 10.4 Å². The highest BCUT2D eigenvalue weighted by Gasteiger charge is 2.20. The van der Waals surface area contributed by atoms with E-state index in [4.69, 9.17) is 0 Å². The van der Waals surface area contributed by atoms with Crippen molar-refractivity contribution in [1.29, 1.82) is 0 Å². The van der Waals surface area contributed by atoms with E-state index in [1.807, 2.05) is 13.0 Å². The Bertz CT molecular complexity index is 827. The molecule has 0 saturated carbocycles. The lowest BCUT2D eigenvalue weighted by atomic mass is 9.93. The van der Waals surface area contributed by atoms with Crippen LogP contribution in [0.4, 0.5) is 4.39 Å². The number of nitrogens with one attached hydrogen (secondary N) is 1. The summed E-state index contributed by atoms with van der Waals surface area (Å²) in [5, 5.41) is 17.0. The van der Waals surface area contributed by atoms with Crippen LogP contribution in [-0.4, -0.2) is 40.7 Å². The number of hydrogen-bond acceptors (Lipinski definition) is 4. The van der Waals surface area contributed by atoms with E-state index in [0.29, 0.717) is 29.1 Å². The van der Waals surface area contributed by atoms with Gasteiger partial charge in [-0.3, -0.25) is 9.79 Å². The molecule has 26 heavy (non-hydrogen) atoms. The predicted octanol–water partition coefficient (Wildman–Crippen LogP) is 2.34. The van der Waals surface area contributed by atoms with Crippen molar-refractivity contribution in [3.8, 4) is 0 Å². The van der Waals surface area contributed by atoms with Crippen LogP contribution in [0.1, 0.15) is 36.5 Å². The standard InChI is InChI=1S/C19H23FN4O2/c1-4-14-5-6-16(18(20)9-14)17(12-26)15-10-22-24(11-15)19(7-8-25)23-13(2)21-3/h5-11,17,26H,4,12H2,1-3H3,(H,21,23)/b19-7+. The van der Waals surface area contributed by atoms with Crippen LogP contribution in [0.2, 0.25) is 0 Å². The lowest BCUT2D eigenvalue weighted by molar-refractivity contribution is -0.104. The Morgan fingerprint density at radius 1 is 1.50 bits per heavy atom. The Hall–Kier alpha value is -2.80. The van der Waals surface area contributed by atoms with Gasteiger partial charge in [0.1, 0.15) is 17.9 Å². The summed E-state index contributed by atoms with van der Waals surface area (Å²) in [5.74, 6) is 0.114. The molecule has 1 unspecified atom stereocenters. The minimum Gasteiger partial charge on any atom is -0.395 e. The first-order valence-electron chi connectivity index (χ1n) is 8.34. The summed E-state index contributed by atoms with van der Waals surface area (Å²) >= 11 is 0. The third-order valence-corrected chi connectivity index (χ3v) is 4.15. The number of rotatable bonds is 7. The van der Waals surface area contributed by atoms with Crippen molar-refractivity contribution in [3.05, 3.63) is 59.2 Å². The molecule has 0 saturated heterocycles. The van der Waals surface area contributed by atoms with Crippen LogP contribution < -0.4 is 5.32 Å². The molecule has 0 amide bonds. The summed E-state index contributed by atoms with van der Waals surface area (Å²) in [6.07, 6.45) is 5.89. The predicted molar refractivity (Wildman–Crippen MR) is 99.4 cm³/mol. The summed E-state index contributed by atoms with van der Waals surface area (Å²) in [5.41, 5.74) is 1.94. The average Bonchev–Trinajstić information content (AvgIpc) is 3.12. The minimum absolute atomic E-state index is 0.260. The number of halogens is 1. The van der Waals surface area contributed by atoms with Crippen LogP contribution in [0.3, 0.4) is 0 Å². The number of carbonyl (C=O) groups excluding carboxylic acids is 1. The SMILES string of the molecule is CCc1ccc(C(CO)c2cnn(/C(=C/C=O)NC(C)=NC)c2)c(F)c1. The average molecular weight is 358 g/mol. The maximum absolute atomic E-state index is 14.4. The number of aryl methyl sites for hydroxylation is 1. The van der Waals surface area contributed by atoms with Crippen molar-refractivity contribution in [3.63, 3.8) is 0 Å². The number of aromatic nitrogens is 2. The van der Waals surface area contributed by atoms with E-state index in [1.165, 1.54) is 16.8 Å². The largest absolute Gasteiger partial charge is 0.395 e. The highest BCUT2D eigenvalue weighted by molar-refractivity contribution is 5.88. The van der Waals surface area contributed by atoms with Gasteiger partial charge in [-0.05, 0) is 30.5 Å². The van der Waals surface area contributed by atoms with Crippen LogP contribution in [0.25, 0.3) is 5.82 Å². The number of aliphatic imine (C=N–C) groups is 1. The van der Waals surface area contributed by atoms with Crippen LogP contribution >= 0.6 is 0 Å². The molecule has 138 valence electrons. The molecule has 2 rings (SSSR count). The molecule has 1 atom stereocenters. The first-order valence-corrected chi connectivity index (χ1v) is 8.34. The topological polar surface area (TPSA) is 79.5 Å². The Morgan fingerprint density at radius 3 is 2.85 bits per heavy atom. The molecule has 2 aromatic rings. The fourth-order valence-corrected chi connectivity index (χ4v) is 2.59. The Labute approximate surface area is 152 Å². The van der Waals surface area contributed by atoms with Gasteiger partial charge in [0.25, 0.3) is 0 Å². The number of aliphatic hydroxyl groups excluding tert-OH is 1. The number of amidine groups is 1. The summed E-state index contributed by atoms with van der Waals surface area (Å²) < 4.78 is 15.9. The molecular weight excluding hydrogens is 335 g/mol. The Balaban J connectivity index is 2.36. The van der Waals surface area contributed by atoms with Gasteiger partial charge in [0.15, 0.2) is 0 Å². The van der Waals surface area contributed by atoms with Gasteiger partial charge >= 0.3 is 0 Å². The number of benzene rings is 1. The maximum Gasteiger partial charge on any atom is 0.146 e. The monoisotopic (exact) mass is 358 g/mol. The van der Waals surface area contributed by atoms with Crippen LogP contribution in [-0.2, 0) is 11.2 Å². The molecule has 0 fully saturated rings. The van der Waals surface area contributed by atoms with Crippen molar-refractivity contribution in [2.24, 2.45) is 4.99 Å². The first-order chi connectivity index (χ1) is 12.5. The minimum atomic E-state index is -0.548. The van der Waals surface area contributed by atoms with Gasteiger partial charge in [0.2, 0.25) is 0 Å². The molecule has 1 aromatic carbocycles. The molecule has 0 bridgehead atoms. The zero-order valence-corrected chi connectivity index (χ0v) is 15.1. The molecule has 2 N–H and O–H groups in total. The van der Waals surface area contributed by atoms with Crippen molar-refractivity contribution in [2.75, 3.05) is 13.7 Å². The van der Waals surface area contributed by atoms with Gasteiger partial charge in [-0.15, -0.1) is 0 Å². The van der Waals surface area contributed by atoms with Gasteiger partial charge in [-0.2, -0.15) is 5.10 Å². The fraction of sp³-hybridized carbons (Fsp3) is 0.316. The number of aliphatic hydroxyl groups is 1. The zero-order chi connectivity index (χ0) is 19.1. The molecule has 0 aliphatic rings. The van der Waals surface area contributed by atoms with Crippen molar-refractivity contribution in [1.82, 2.24) is 15.1 Å². The van der Waals surface area contributed by atoms with Crippen molar-refractivity contribution >= 4 is 17.9 Å². The molecule has 0 radical (unpaired) electrons. The third kappa shape index (κ3) is 4.43. The van der Waals surface area contributed by atoms with Gasteiger partial charge in [0.05, 0.1) is 18.6 Å². The summed E-state index contributed by atoms with van der Waals surface area (Å²) in [6, 6.07) is 5.04. The number of carbonyl (C=O) groups is 1. The quantitative estimate of drug-likeness (QED) is 0.345. The maximum atomic E-state index is 14.4. The van der Waals surface area contributed by atoms with Gasteiger partial charge in [0, 0.05) is 30.8 Å². The van der Waals surface area contributed by atoms with Crippen LogP contribution in [0.5, 0.6) is 0 Å². The van der Waals surface area contributed by atoms with Gasteiger partial charge in [-0.1, -0.05) is 19.1 Å². The van der Waals surface area contributed by atoms with E-state index in [2.05, 4.69) is 15.4 Å². The van der Waals surface area contributed by atoms with Crippen LogP contribution in [0, 0.1) is 5.82 Å². The molecule has 0 aliphatic heterocycles. The zero-order valence-electron chi connectivity index (χ0n) is 15.1. The molecule has 1 aromatic heterocycles. The highest BCUT2D eigenvalue weighted by atomic mass is 19.1. The number of aldehydes is 1. The molecular formula is C19H23FN4O2. The molecule has 0 aliphatic carbocycles. The fourth-order valence-electron chi connectivity index (χ4n) is 2.59. The summed E-state index contributed by atoms with van der Waals surface area (Å²) in [7, 11) is 1.62. The summed E-state index contributed by atoms with van der Waals surface area (Å²) in [4.78, 5) is 14.9. The lowest BCUT2D eigenvalue weighted by Crippen LogP contribution is -2.23. The Morgan fingerprint density at radius 2 is 2.27 bits per heavy atom.